The maximum absolute atomic E-state index is 13.1. The van der Waals surface area contributed by atoms with E-state index in [4.69, 9.17) is 14.2 Å². The van der Waals surface area contributed by atoms with Crippen molar-refractivity contribution >= 4 is 15.9 Å². The van der Waals surface area contributed by atoms with Gasteiger partial charge in [-0.2, -0.15) is 5.10 Å². The van der Waals surface area contributed by atoms with Gasteiger partial charge in [-0.15, -0.1) is 0 Å². The molecule has 1 N–H and O–H groups in total. The molecule has 0 aliphatic carbocycles. The minimum atomic E-state index is -4.27. The van der Waals surface area contributed by atoms with Crippen molar-refractivity contribution in [3.05, 3.63) is 59.5 Å². The molecule has 0 saturated heterocycles. The standard InChI is InChI=1S/C22H24N4O6S/c1-22(2)13-32-17-11-18(30-3)19(10-15(17)22)33(28,29)25-20(27)16-7-6-14(21(24-16)31-4)12-26-9-5-8-23-26/h5-11H,12-13H2,1-4H3,(H,25,27). The second kappa shape index (κ2) is 8.39. The van der Waals surface area contributed by atoms with Gasteiger partial charge >= 0.3 is 0 Å². The normalized spacial score (nSPS) is 14.3. The molecule has 0 atom stereocenters. The molecule has 1 aromatic carbocycles. The van der Waals surface area contributed by atoms with E-state index >= 15 is 0 Å². The Labute approximate surface area is 191 Å². The quantitative estimate of drug-likeness (QED) is 0.555. The van der Waals surface area contributed by atoms with E-state index in [1.807, 2.05) is 13.8 Å². The molecule has 0 bridgehead atoms. The van der Waals surface area contributed by atoms with Gasteiger partial charge in [0.25, 0.3) is 15.9 Å². The van der Waals surface area contributed by atoms with Crippen molar-refractivity contribution in [3.8, 4) is 17.4 Å². The van der Waals surface area contributed by atoms with Crippen LogP contribution < -0.4 is 18.9 Å². The molecule has 1 aliphatic heterocycles. The SMILES string of the molecule is COc1cc2c(cc1S(=O)(=O)NC(=O)c1ccc(Cn3cccn3)c(OC)n1)C(C)(C)CO2. The minimum Gasteiger partial charge on any atom is -0.495 e. The zero-order valence-corrected chi connectivity index (χ0v) is 19.5. The van der Waals surface area contributed by atoms with E-state index in [1.54, 1.807) is 29.2 Å². The van der Waals surface area contributed by atoms with E-state index in [-0.39, 0.29) is 27.6 Å². The first kappa shape index (κ1) is 22.6. The third-order valence-electron chi connectivity index (χ3n) is 5.36. The summed E-state index contributed by atoms with van der Waals surface area (Å²) in [6.07, 6.45) is 3.43. The fourth-order valence-corrected chi connectivity index (χ4v) is 4.72. The summed E-state index contributed by atoms with van der Waals surface area (Å²) in [4.78, 5) is 16.8. The number of sulfonamides is 1. The van der Waals surface area contributed by atoms with Gasteiger partial charge in [0.2, 0.25) is 5.88 Å². The number of benzene rings is 1. The van der Waals surface area contributed by atoms with Crippen molar-refractivity contribution in [1.82, 2.24) is 19.5 Å². The van der Waals surface area contributed by atoms with Crippen LogP contribution in [0.5, 0.6) is 17.4 Å². The van der Waals surface area contributed by atoms with Crippen LogP contribution in [0, 0.1) is 0 Å². The fraction of sp³-hybridized carbons (Fsp3) is 0.318. The van der Waals surface area contributed by atoms with Gasteiger partial charge in [-0.3, -0.25) is 9.48 Å². The summed E-state index contributed by atoms with van der Waals surface area (Å²) in [5.74, 6) is -0.0604. The molecule has 3 heterocycles. The van der Waals surface area contributed by atoms with Crippen molar-refractivity contribution in [2.24, 2.45) is 0 Å². The number of fused-ring (bicyclic) bond motifs is 1. The zero-order chi connectivity index (χ0) is 23.8. The molecule has 10 nitrogen and oxygen atoms in total. The van der Waals surface area contributed by atoms with Crippen LogP contribution in [-0.2, 0) is 22.0 Å². The van der Waals surface area contributed by atoms with Crippen LogP contribution in [0.1, 0.15) is 35.5 Å². The summed E-state index contributed by atoms with van der Waals surface area (Å²) in [5, 5.41) is 4.13. The van der Waals surface area contributed by atoms with E-state index in [2.05, 4.69) is 14.8 Å². The van der Waals surface area contributed by atoms with E-state index in [1.165, 1.54) is 32.4 Å². The van der Waals surface area contributed by atoms with E-state index in [0.717, 1.165) is 5.56 Å². The summed E-state index contributed by atoms with van der Waals surface area (Å²) < 4.78 is 46.2. The monoisotopic (exact) mass is 472 g/mol. The summed E-state index contributed by atoms with van der Waals surface area (Å²) in [6, 6.07) is 7.87. The van der Waals surface area contributed by atoms with Crippen LogP contribution in [0.4, 0.5) is 0 Å². The number of hydrogen-bond donors (Lipinski definition) is 1. The van der Waals surface area contributed by atoms with Crippen molar-refractivity contribution < 1.29 is 27.4 Å². The molecular weight excluding hydrogens is 448 g/mol. The molecular formula is C22H24N4O6S. The molecule has 2 aromatic heterocycles. The second-order valence-electron chi connectivity index (χ2n) is 8.17. The number of ether oxygens (including phenoxy) is 3. The van der Waals surface area contributed by atoms with Gasteiger partial charge in [0, 0.05) is 35.0 Å². The number of aromatic nitrogens is 3. The van der Waals surface area contributed by atoms with Gasteiger partial charge in [-0.1, -0.05) is 13.8 Å². The number of methoxy groups -OCH3 is 2. The van der Waals surface area contributed by atoms with Crippen LogP contribution in [0.3, 0.4) is 0 Å². The van der Waals surface area contributed by atoms with Gasteiger partial charge in [-0.25, -0.2) is 18.1 Å². The Bertz CT molecular complexity index is 1300. The zero-order valence-electron chi connectivity index (χ0n) is 18.7. The average molecular weight is 473 g/mol. The number of rotatable bonds is 7. The predicted octanol–water partition coefficient (Wildman–Crippen LogP) is 2.13. The van der Waals surface area contributed by atoms with Crippen molar-refractivity contribution in [3.63, 3.8) is 0 Å². The molecule has 0 fully saturated rings. The Morgan fingerprint density at radius 2 is 2.03 bits per heavy atom. The molecule has 0 spiro atoms. The summed E-state index contributed by atoms with van der Waals surface area (Å²) in [6.45, 7) is 4.69. The molecule has 11 heteroatoms. The van der Waals surface area contributed by atoms with E-state index in [9.17, 15) is 13.2 Å². The van der Waals surface area contributed by atoms with Gasteiger partial charge in [0.15, 0.2) is 0 Å². The van der Waals surface area contributed by atoms with Gasteiger partial charge in [-0.05, 0) is 24.3 Å². The van der Waals surface area contributed by atoms with Crippen LogP contribution in [0.25, 0.3) is 0 Å². The van der Waals surface area contributed by atoms with Crippen LogP contribution in [0.2, 0.25) is 0 Å². The fourth-order valence-electron chi connectivity index (χ4n) is 3.59. The topological polar surface area (TPSA) is 122 Å². The first-order chi connectivity index (χ1) is 15.6. The Morgan fingerprint density at radius 1 is 1.24 bits per heavy atom. The smallest absolute Gasteiger partial charge is 0.283 e. The molecule has 0 saturated carbocycles. The number of carbonyl (C=O) groups excluding carboxylic acids is 1. The second-order valence-corrected chi connectivity index (χ2v) is 9.83. The third kappa shape index (κ3) is 4.36. The lowest BCUT2D eigenvalue weighted by molar-refractivity contribution is 0.0975. The van der Waals surface area contributed by atoms with Gasteiger partial charge in [0.1, 0.15) is 22.1 Å². The number of amides is 1. The predicted molar refractivity (Wildman–Crippen MR) is 118 cm³/mol. The Kier molecular flexibility index (Phi) is 5.75. The lowest BCUT2D eigenvalue weighted by Gasteiger charge is -2.17. The lowest BCUT2D eigenvalue weighted by atomic mass is 9.87. The average Bonchev–Trinajstić information content (AvgIpc) is 3.40. The summed E-state index contributed by atoms with van der Waals surface area (Å²) in [7, 11) is -1.49. The van der Waals surface area contributed by atoms with Crippen LogP contribution in [-0.4, -0.2) is 49.9 Å². The number of hydrogen-bond acceptors (Lipinski definition) is 8. The maximum Gasteiger partial charge on any atom is 0.283 e. The van der Waals surface area contributed by atoms with Crippen LogP contribution in [0.15, 0.2) is 47.6 Å². The third-order valence-corrected chi connectivity index (χ3v) is 6.71. The van der Waals surface area contributed by atoms with E-state index in [0.29, 0.717) is 24.5 Å². The van der Waals surface area contributed by atoms with Crippen molar-refractivity contribution in [2.75, 3.05) is 20.8 Å². The summed E-state index contributed by atoms with van der Waals surface area (Å²) in [5.41, 5.74) is 0.917. The summed E-state index contributed by atoms with van der Waals surface area (Å²) >= 11 is 0. The molecule has 0 radical (unpaired) electrons. The Hall–Kier alpha value is -3.60. The van der Waals surface area contributed by atoms with Gasteiger partial charge < -0.3 is 14.2 Å². The van der Waals surface area contributed by atoms with Crippen molar-refractivity contribution in [1.29, 1.82) is 0 Å². The maximum atomic E-state index is 13.1. The highest BCUT2D eigenvalue weighted by Gasteiger charge is 2.35. The first-order valence-electron chi connectivity index (χ1n) is 10.1. The van der Waals surface area contributed by atoms with Gasteiger partial charge in [0.05, 0.1) is 27.4 Å². The number of pyridine rings is 1. The molecule has 4 rings (SSSR count). The molecule has 1 aliphatic rings. The number of nitrogens with one attached hydrogen (secondary N) is 1. The molecule has 0 unspecified atom stereocenters. The lowest BCUT2D eigenvalue weighted by Crippen LogP contribution is -2.32. The highest BCUT2D eigenvalue weighted by Crippen LogP contribution is 2.43. The molecule has 3 aromatic rings. The molecule has 33 heavy (non-hydrogen) atoms. The Balaban J connectivity index is 1.62. The van der Waals surface area contributed by atoms with E-state index < -0.39 is 15.9 Å². The van der Waals surface area contributed by atoms with Crippen LogP contribution >= 0.6 is 0 Å². The number of carbonyl (C=O) groups is 1. The molecule has 174 valence electrons. The minimum absolute atomic E-state index is 0.0758. The number of nitrogens with zero attached hydrogens (tertiary/aromatic N) is 3. The molecule has 1 amide bonds. The van der Waals surface area contributed by atoms with Crippen molar-refractivity contribution in [2.45, 2.75) is 30.7 Å². The highest BCUT2D eigenvalue weighted by atomic mass is 32.2. The largest absolute Gasteiger partial charge is 0.495 e. The first-order valence-corrected chi connectivity index (χ1v) is 11.6. The Morgan fingerprint density at radius 3 is 2.70 bits per heavy atom. The highest BCUT2D eigenvalue weighted by molar-refractivity contribution is 7.90.